The van der Waals surface area contributed by atoms with Gasteiger partial charge in [-0.15, -0.1) is 10.2 Å². The Bertz CT molecular complexity index is 238. The molecule has 0 bridgehead atoms. The fourth-order valence-electron chi connectivity index (χ4n) is 0.961. The predicted octanol–water partition coefficient (Wildman–Crippen LogP) is 0.270. The van der Waals surface area contributed by atoms with Crippen molar-refractivity contribution < 1.29 is 0 Å². The molecular formula is C7H14N4. The monoisotopic (exact) mass is 154 g/mol. The lowest BCUT2D eigenvalue weighted by atomic mass is 10.1. The van der Waals surface area contributed by atoms with Crippen molar-refractivity contribution in [2.75, 3.05) is 7.05 Å². The van der Waals surface area contributed by atoms with E-state index in [1.807, 2.05) is 18.7 Å². The van der Waals surface area contributed by atoms with Crippen LogP contribution in [-0.2, 0) is 12.6 Å². The molecule has 0 amide bonds. The minimum Gasteiger partial charge on any atom is -0.319 e. The average molecular weight is 154 g/mol. The molecule has 1 rings (SSSR count). The first kappa shape index (κ1) is 8.20. The van der Waals surface area contributed by atoms with Gasteiger partial charge in [0.25, 0.3) is 0 Å². The second-order valence-corrected chi connectivity index (χ2v) is 3.14. The van der Waals surface area contributed by atoms with E-state index in [0.717, 1.165) is 5.82 Å². The van der Waals surface area contributed by atoms with Gasteiger partial charge in [-0.2, -0.15) is 0 Å². The summed E-state index contributed by atoms with van der Waals surface area (Å²) < 4.78 is 1.91. The van der Waals surface area contributed by atoms with E-state index in [0.29, 0.717) is 0 Å². The van der Waals surface area contributed by atoms with Crippen LogP contribution in [0.1, 0.15) is 19.7 Å². The van der Waals surface area contributed by atoms with Crippen LogP contribution in [0.15, 0.2) is 6.33 Å². The molecular weight excluding hydrogens is 140 g/mol. The van der Waals surface area contributed by atoms with Gasteiger partial charge in [0.15, 0.2) is 5.82 Å². The molecule has 62 valence electrons. The normalized spacial score (nSPS) is 12.0. The molecule has 1 N–H and O–H groups in total. The van der Waals surface area contributed by atoms with Crippen LogP contribution in [0, 0.1) is 0 Å². The summed E-state index contributed by atoms with van der Waals surface area (Å²) in [5.41, 5.74) is -0.106. The molecule has 0 unspecified atom stereocenters. The fraction of sp³-hybridized carbons (Fsp3) is 0.714. The Morgan fingerprint density at radius 1 is 1.55 bits per heavy atom. The maximum absolute atomic E-state index is 4.01. The van der Waals surface area contributed by atoms with Crippen LogP contribution in [0.5, 0.6) is 0 Å². The van der Waals surface area contributed by atoms with Crippen LogP contribution >= 0.6 is 0 Å². The molecule has 0 aliphatic heterocycles. The maximum atomic E-state index is 4.01. The Morgan fingerprint density at radius 2 is 2.18 bits per heavy atom. The van der Waals surface area contributed by atoms with Gasteiger partial charge in [-0.25, -0.2) is 0 Å². The van der Waals surface area contributed by atoms with E-state index >= 15 is 0 Å². The van der Waals surface area contributed by atoms with E-state index in [2.05, 4.69) is 29.4 Å². The van der Waals surface area contributed by atoms with Gasteiger partial charge in [-0.05, 0) is 20.9 Å². The third kappa shape index (κ3) is 1.40. The van der Waals surface area contributed by atoms with Crippen molar-refractivity contribution in [3.05, 3.63) is 12.2 Å². The first-order valence-corrected chi connectivity index (χ1v) is 3.61. The Hall–Kier alpha value is -0.900. The molecule has 11 heavy (non-hydrogen) atoms. The number of aromatic nitrogens is 3. The number of nitrogens with zero attached hydrogens (tertiary/aromatic N) is 3. The summed E-state index contributed by atoms with van der Waals surface area (Å²) in [4.78, 5) is 0. The molecule has 0 fully saturated rings. The van der Waals surface area contributed by atoms with Crippen molar-refractivity contribution in [1.82, 2.24) is 20.1 Å². The average Bonchev–Trinajstić information content (AvgIpc) is 2.36. The predicted molar refractivity (Wildman–Crippen MR) is 43.1 cm³/mol. The van der Waals surface area contributed by atoms with E-state index in [1.54, 1.807) is 6.33 Å². The van der Waals surface area contributed by atoms with Crippen molar-refractivity contribution in [2.45, 2.75) is 19.4 Å². The largest absolute Gasteiger partial charge is 0.319 e. The summed E-state index contributed by atoms with van der Waals surface area (Å²) in [6.45, 7) is 4.13. The van der Waals surface area contributed by atoms with Crippen LogP contribution in [0.3, 0.4) is 0 Å². The van der Waals surface area contributed by atoms with Gasteiger partial charge in [-0.3, -0.25) is 0 Å². The molecule has 1 aromatic heterocycles. The van der Waals surface area contributed by atoms with Gasteiger partial charge in [0.2, 0.25) is 0 Å². The van der Waals surface area contributed by atoms with Gasteiger partial charge >= 0.3 is 0 Å². The van der Waals surface area contributed by atoms with Crippen LogP contribution in [0.25, 0.3) is 0 Å². The Balaban J connectivity index is 3.00. The second kappa shape index (κ2) is 2.62. The van der Waals surface area contributed by atoms with Gasteiger partial charge < -0.3 is 9.88 Å². The van der Waals surface area contributed by atoms with Crippen molar-refractivity contribution in [3.63, 3.8) is 0 Å². The van der Waals surface area contributed by atoms with Gasteiger partial charge in [0.1, 0.15) is 6.33 Å². The standard InChI is InChI=1S/C7H14N4/c1-7(2,8-3)6-10-9-5-11(6)4/h5,8H,1-4H3. The number of nitrogens with one attached hydrogen (secondary N) is 1. The number of rotatable bonds is 2. The van der Waals surface area contributed by atoms with Gasteiger partial charge in [0.05, 0.1) is 5.54 Å². The van der Waals surface area contributed by atoms with E-state index in [1.165, 1.54) is 0 Å². The summed E-state index contributed by atoms with van der Waals surface area (Å²) in [5.74, 6) is 0.944. The lowest BCUT2D eigenvalue weighted by molar-refractivity contribution is 0.403. The first-order valence-electron chi connectivity index (χ1n) is 3.61. The quantitative estimate of drug-likeness (QED) is 0.665. The third-order valence-electron chi connectivity index (χ3n) is 1.90. The highest BCUT2D eigenvalue weighted by molar-refractivity contribution is 5.00. The summed E-state index contributed by atoms with van der Waals surface area (Å²) in [6, 6.07) is 0. The van der Waals surface area contributed by atoms with Crippen LogP contribution < -0.4 is 5.32 Å². The molecule has 4 nitrogen and oxygen atoms in total. The lowest BCUT2D eigenvalue weighted by Crippen LogP contribution is -2.35. The van der Waals surface area contributed by atoms with E-state index in [9.17, 15) is 0 Å². The van der Waals surface area contributed by atoms with Crippen LogP contribution in [0.4, 0.5) is 0 Å². The smallest absolute Gasteiger partial charge is 0.152 e. The van der Waals surface area contributed by atoms with Crippen molar-refractivity contribution in [3.8, 4) is 0 Å². The van der Waals surface area contributed by atoms with E-state index < -0.39 is 0 Å². The van der Waals surface area contributed by atoms with Crippen molar-refractivity contribution in [1.29, 1.82) is 0 Å². The Morgan fingerprint density at radius 3 is 2.55 bits per heavy atom. The molecule has 0 spiro atoms. The minimum atomic E-state index is -0.106. The first-order chi connectivity index (χ1) is 5.08. The summed E-state index contributed by atoms with van der Waals surface area (Å²) in [7, 11) is 3.85. The Labute approximate surface area is 66.6 Å². The molecule has 0 saturated heterocycles. The minimum absolute atomic E-state index is 0.106. The SMILES string of the molecule is CNC(C)(C)c1nncn1C. The Kier molecular flexibility index (Phi) is 1.95. The van der Waals surface area contributed by atoms with E-state index in [-0.39, 0.29) is 5.54 Å². The zero-order chi connectivity index (χ0) is 8.48. The number of hydrogen-bond donors (Lipinski definition) is 1. The number of aryl methyl sites for hydroxylation is 1. The second-order valence-electron chi connectivity index (χ2n) is 3.14. The summed E-state index contributed by atoms with van der Waals surface area (Å²) >= 11 is 0. The van der Waals surface area contributed by atoms with Crippen molar-refractivity contribution in [2.24, 2.45) is 7.05 Å². The lowest BCUT2D eigenvalue weighted by Gasteiger charge is -2.21. The zero-order valence-corrected chi connectivity index (χ0v) is 7.42. The molecule has 0 aliphatic rings. The molecule has 1 heterocycles. The zero-order valence-electron chi connectivity index (χ0n) is 7.42. The molecule has 0 radical (unpaired) electrons. The van der Waals surface area contributed by atoms with Crippen molar-refractivity contribution >= 4 is 0 Å². The third-order valence-corrected chi connectivity index (χ3v) is 1.90. The molecule has 0 aliphatic carbocycles. The summed E-state index contributed by atoms with van der Waals surface area (Å²) in [5, 5.41) is 11.0. The van der Waals surface area contributed by atoms with E-state index in [4.69, 9.17) is 0 Å². The molecule has 4 heteroatoms. The fourth-order valence-corrected chi connectivity index (χ4v) is 0.961. The molecule has 0 saturated carbocycles. The van der Waals surface area contributed by atoms with Gasteiger partial charge in [-0.1, -0.05) is 0 Å². The highest BCUT2D eigenvalue weighted by Crippen LogP contribution is 2.14. The summed E-state index contributed by atoms with van der Waals surface area (Å²) in [6.07, 6.45) is 1.70. The number of hydrogen-bond acceptors (Lipinski definition) is 3. The molecule has 0 aromatic carbocycles. The topological polar surface area (TPSA) is 42.7 Å². The molecule has 1 aromatic rings. The van der Waals surface area contributed by atoms with Crippen LogP contribution in [0.2, 0.25) is 0 Å². The van der Waals surface area contributed by atoms with Crippen LogP contribution in [-0.4, -0.2) is 21.8 Å². The highest BCUT2D eigenvalue weighted by atomic mass is 15.3. The highest BCUT2D eigenvalue weighted by Gasteiger charge is 2.22. The molecule has 0 atom stereocenters. The van der Waals surface area contributed by atoms with Gasteiger partial charge in [0, 0.05) is 7.05 Å². The maximum Gasteiger partial charge on any atom is 0.152 e.